The minimum Gasteiger partial charge on any atom is -0.351 e. The maximum Gasteiger partial charge on any atom is 0.194 e. The van der Waals surface area contributed by atoms with E-state index in [0.29, 0.717) is 12.2 Å². The van der Waals surface area contributed by atoms with E-state index in [1.54, 1.807) is 18.3 Å². The second kappa shape index (κ2) is 6.51. The topological polar surface area (TPSA) is 74.7 Å². The van der Waals surface area contributed by atoms with Crippen LogP contribution < -0.4 is 5.32 Å². The minimum absolute atomic E-state index is 0. The molecule has 1 aliphatic heterocycles. The van der Waals surface area contributed by atoms with Crippen molar-refractivity contribution in [1.82, 2.24) is 15.2 Å². The summed E-state index contributed by atoms with van der Waals surface area (Å²) >= 11 is 0. The lowest BCUT2D eigenvalue weighted by Gasteiger charge is -2.15. The molecule has 2 heterocycles. The van der Waals surface area contributed by atoms with Crippen LogP contribution in [-0.2, 0) is 16.4 Å². The number of nitrogens with one attached hydrogen (secondary N) is 1. The second-order valence-electron chi connectivity index (χ2n) is 4.20. The molecule has 0 atom stereocenters. The number of guanidine groups is 1. The highest BCUT2D eigenvalue weighted by atomic mass is 127. The monoisotopic (exact) mass is 396 g/mol. The lowest BCUT2D eigenvalue weighted by Crippen LogP contribution is -2.35. The highest BCUT2D eigenvalue weighted by Gasteiger charge is 2.16. The maximum absolute atomic E-state index is 11.6. The Hall–Kier alpha value is -0.900. The molecule has 0 fully saturated rings. The van der Waals surface area contributed by atoms with Crippen LogP contribution >= 0.6 is 24.0 Å². The van der Waals surface area contributed by atoms with Gasteiger partial charge in [0.25, 0.3) is 0 Å². The third-order valence-electron chi connectivity index (χ3n) is 2.72. The summed E-state index contributed by atoms with van der Waals surface area (Å²) in [5.41, 5.74) is 0.517. The Labute approximate surface area is 130 Å². The smallest absolute Gasteiger partial charge is 0.194 e. The van der Waals surface area contributed by atoms with Crippen molar-refractivity contribution in [3.63, 3.8) is 0 Å². The van der Waals surface area contributed by atoms with E-state index < -0.39 is 9.84 Å². The molecule has 0 radical (unpaired) electrons. The Kier molecular flexibility index (Phi) is 5.53. The van der Waals surface area contributed by atoms with Crippen molar-refractivity contribution in [2.24, 2.45) is 4.99 Å². The van der Waals surface area contributed by atoms with Gasteiger partial charge in [-0.1, -0.05) is 0 Å². The fourth-order valence-electron chi connectivity index (χ4n) is 1.78. The highest BCUT2D eigenvalue weighted by Crippen LogP contribution is 2.12. The summed E-state index contributed by atoms with van der Waals surface area (Å²) in [5, 5.41) is 3.11. The third-order valence-corrected chi connectivity index (χ3v) is 3.89. The summed E-state index contributed by atoms with van der Waals surface area (Å²) in [6.07, 6.45) is 2.78. The van der Waals surface area contributed by atoms with Crippen molar-refractivity contribution in [2.45, 2.75) is 11.4 Å². The third kappa shape index (κ3) is 4.03. The summed E-state index contributed by atoms with van der Waals surface area (Å²) < 4.78 is 23.2. The number of sulfone groups is 1. The van der Waals surface area contributed by atoms with Gasteiger partial charge in [-0.3, -0.25) is 9.98 Å². The fourth-order valence-corrected chi connectivity index (χ4v) is 2.66. The number of aromatic nitrogens is 1. The van der Waals surface area contributed by atoms with Crippen LogP contribution in [0.3, 0.4) is 0 Å². The van der Waals surface area contributed by atoms with E-state index in [1.807, 2.05) is 11.9 Å². The highest BCUT2D eigenvalue weighted by molar-refractivity contribution is 14.0. The molecule has 19 heavy (non-hydrogen) atoms. The van der Waals surface area contributed by atoms with Crippen LogP contribution in [0.5, 0.6) is 0 Å². The Bertz CT molecular complexity index is 574. The lowest BCUT2D eigenvalue weighted by molar-refractivity contribution is 0.532. The Balaban J connectivity index is 0.00000180. The molecular formula is C11H17IN4O2S. The predicted octanol–water partition coefficient (Wildman–Crippen LogP) is 0.494. The quantitative estimate of drug-likeness (QED) is 0.754. The summed E-state index contributed by atoms with van der Waals surface area (Å²) in [6.45, 7) is 2.00. The molecule has 8 heteroatoms. The molecule has 0 spiro atoms. The first-order valence-electron chi connectivity index (χ1n) is 5.62. The molecule has 0 aliphatic carbocycles. The van der Waals surface area contributed by atoms with E-state index in [2.05, 4.69) is 15.3 Å². The number of hydrogen-bond donors (Lipinski definition) is 1. The van der Waals surface area contributed by atoms with Gasteiger partial charge in [-0.15, -0.1) is 24.0 Å². The van der Waals surface area contributed by atoms with Crippen LogP contribution in [0, 0.1) is 0 Å². The van der Waals surface area contributed by atoms with Crippen LogP contribution in [0.2, 0.25) is 0 Å². The van der Waals surface area contributed by atoms with Gasteiger partial charge in [-0.05, 0) is 12.1 Å². The predicted molar refractivity (Wildman–Crippen MR) is 84.5 cm³/mol. The summed E-state index contributed by atoms with van der Waals surface area (Å²) in [4.78, 5) is 10.6. The standard InChI is InChI=1S/C11H16N4O2S.HI/c1-15-7-6-13-11(15)14-8-9-10(18(2,16)17)4-3-5-12-9;/h3-5H,6-8H2,1-2H3,(H,13,14);1H. The average molecular weight is 396 g/mol. The van der Waals surface area contributed by atoms with Gasteiger partial charge in [0.1, 0.15) is 0 Å². The van der Waals surface area contributed by atoms with Gasteiger partial charge in [-0.2, -0.15) is 0 Å². The molecular weight excluding hydrogens is 379 g/mol. The summed E-state index contributed by atoms with van der Waals surface area (Å²) in [5.74, 6) is 0.778. The van der Waals surface area contributed by atoms with E-state index in [9.17, 15) is 8.42 Å². The first-order chi connectivity index (χ1) is 8.48. The number of rotatable bonds is 3. The van der Waals surface area contributed by atoms with E-state index in [4.69, 9.17) is 0 Å². The molecule has 6 nitrogen and oxygen atoms in total. The van der Waals surface area contributed by atoms with Gasteiger partial charge < -0.3 is 10.2 Å². The largest absolute Gasteiger partial charge is 0.351 e. The minimum atomic E-state index is -3.25. The van der Waals surface area contributed by atoms with Crippen LogP contribution in [0.25, 0.3) is 0 Å². The second-order valence-corrected chi connectivity index (χ2v) is 6.18. The molecule has 1 aliphatic rings. The average Bonchev–Trinajstić information content (AvgIpc) is 2.71. The number of hydrogen-bond acceptors (Lipinski definition) is 6. The molecule has 0 unspecified atom stereocenters. The zero-order chi connectivity index (χ0) is 13.2. The molecule has 2 rings (SSSR count). The van der Waals surface area contributed by atoms with Crippen molar-refractivity contribution in [3.05, 3.63) is 24.0 Å². The van der Waals surface area contributed by atoms with E-state index >= 15 is 0 Å². The number of aliphatic imine (C=N–C) groups is 1. The molecule has 106 valence electrons. The normalized spacial score (nSPS) is 14.8. The van der Waals surface area contributed by atoms with Crippen LogP contribution in [0.15, 0.2) is 28.2 Å². The van der Waals surface area contributed by atoms with E-state index in [1.165, 1.54) is 6.26 Å². The van der Waals surface area contributed by atoms with Gasteiger partial charge in [0, 0.05) is 26.0 Å². The molecule has 1 aromatic heterocycles. The van der Waals surface area contributed by atoms with Crippen LogP contribution in [-0.4, -0.2) is 50.7 Å². The molecule has 0 saturated carbocycles. The zero-order valence-corrected chi connectivity index (χ0v) is 14.0. The Morgan fingerprint density at radius 2 is 2.21 bits per heavy atom. The first-order valence-corrected chi connectivity index (χ1v) is 7.51. The molecule has 1 aromatic rings. The number of halogens is 1. The SMILES string of the molecule is CN1CCN=C1NCc1ncccc1S(C)(=O)=O.I. The molecule has 0 bridgehead atoms. The molecule has 1 N–H and O–H groups in total. The number of likely N-dealkylation sites (N-methyl/N-ethyl adjacent to an activating group) is 1. The van der Waals surface area contributed by atoms with Gasteiger partial charge in [0.2, 0.25) is 0 Å². The summed E-state index contributed by atoms with van der Waals surface area (Å²) in [6, 6.07) is 3.19. The van der Waals surface area contributed by atoms with Crippen molar-refractivity contribution in [2.75, 3.05) is 26.4 Å². The Morgan fingerprint density at radius 1 is 1.47 bits per heavy atom. The van der Waals surface area contributed by atoms with Crippen LogP contribution in [0.4, 0.5) is 0 Å². The number of nitrogens with zero attached hydrogens (tertiary/aromatic N) is 3. The van der Waals surface area contributed by atoms with E-state index in [-0.39, 0.29) is 28.9 Å². The van der Waals surface area contributed by atoms with Gasteiger partial charge in [0.15, 0.2) is 15.8 Å². The Morgan fingerprint density at radius 3 is 2.79 bits per heavy atom. The number of pyridine rings is 1. The fraction of sp³-hybridized carbons (Fsp3) is 0.455. The molecule has 0 aromatic carbocycles. The zero-order valence-electron chi connectivity index (χ0n) is 10.8. The maximum atomic E-state index is 11.6. The van der Waals surface area contributed by atoms with Crippen molar-refractivity contribution < 1.29 is 8.42 Å². The van der Waals surface area contributed by atoms with Crippen LogP contribution in [0.1, 0.15) is 5.69 Å². The first kappa shape index (κ1) is 16.2. The van der Waals surface area contributed by atoms with Crippen molar-refractivity contribution in [3.8, 4) is 0 Å². The van der Waals surface area contributed by atoms with Gasteiger partial charge >= 0.3 is 0 Å². The lowest BCUT2D eigenvalue weighted by atomic mass is 10.3. The van der Waals surface area contributed by atoms with Crippen molar-refractivity contribution in [1.29, 1.82) is 0 Å². The van der Waals surface area contributed by atoms with Gasteiger partial charge in [0.05, 0.1) is 23.7 Å². The van der Waals surface area contributed by atoms with E-state index in [0.717, 1.165) is 19.0 Å². The molecule has 0 amide bonds. The summed E-state index contributed by atoms with van der Waals surface area (Å²) in [7, 11) is -1.31. The van der Waals surface area contributed by atoms with Gasteiger partial charge in [-0.25, -0.2) is 8.42 Å². The molecule has 0 saturated heterocycles. The van der Waals surface area contributed by atoms with Crippen molar-refractivity contribution >= 4 is 39.8 Å².